The lowest BCUT2D eigenvalue weighted by Gasteiger charge is -2.34. The highest BCUT2D eigenvalue weighted by atomic mass is 16.5. The summed E-state index contributed by atoms with van der Waals surface area (Å²) in [5.74, 6) is -4.59. The molecule has 0 aliphatic carbocycles. The third kappa shape index (κ3) is 32.8. The van der Waals surface area contributed by atoms with E-state index in [0.29, 0.717) is 25.7 Å². The van der Waals surface area contributed by atoms with Crippen LogP contribution in [0.15, 0.2) is 5.11 Å². The highest BCUT2D eigenvalue weighted by Gasteiger charge is 2.36. The first kappa shape index (κ1) is 56.4. The molecule has 0 aromatic carbocycles. The van der Waals surface area contributed by atoms with Crippen LogP contribution in [0.1, 0.15) is 91.9 Å². The van der Waals surface area contributed by atoms with Crippen molar-refractivity contribution in [3.63, 3.8) is 0 Å². The Hall–Kier alpha value is -4.64. The van der Waals surface area contributed by atoms with Gasteiger partial charge in [0.15, 0.2) is 5.60 Å². The van der Waals surface area contributed by atoms with E-state index in [2.05, 4.69) is 31.3 Å². The molecule has 0 aliphatic rings. The van der Waals surface area contributed by atoms with Crippen molar-refractivity contribution in [2.24, 2.45) is 5.11 Å². The number of unbranched alkanes of at least 4 members (excludes halogenated alkanes) is 2. The molecule has 0 spiro atoms. The molecule has 0 fully saturated rings. The van der Waals surface area contributed by atoms with Crippen molar-refractivity contribution < 1.29 is 77.3 Å². The molecule has 23 heteroatoms. The molecule has 0 aromatic heterocycles. The highest BCUT2D eigenvalue weighted by molar-refractivity contribution is 5.78. The summed E-state index contributed by atoms with van der Waals surface area (Å²) in [6.45, 7) is 6.51. The van der Waals surface area contributed by atoms with Crippen LogP contribution in [0.25, 0.3) is 10.4 Å². The Morgan fingerprint density at radius 2 is 1.00 bits per heavy atom. The number of rotatable bonds is 40. The van der Waals surface area contributed by atoms with Gasteiger partial charge in [0, 0.05) is 56.8 Å². The molecule has 0 atom stereocenters. The number of ether oxygens (including phenoxy) is 6. The van der Waals surface area contributed by atoms with Crippen molar-refractivity contribution >= 4 is 41.5 Å². The molecular formula is C38H67N7O16. The van der Waals surface area contributed by atoms with E-state index in [9.17, 15) is 38.7 Å². The zero-order valence-electron chi connectivity index (χ0n) is 36.0. The molecule has 0 radical (unpaired) electrons. The minimum Gasteiger partial charge on any atom is -0.481 e. The molecule has 0 heterocycles. The van der Waals surface area contributed by atoms with Crippen LogP contribution >= 0.6 is 0 Å². The summed E-state index contributed by atoms with van der Waals surface area (Å²) in [5.41, 5.74) is 4.87. The minimum absolute atomic E-state index is 0.00502. The summed E-state index contributed by atoms with van der Waals surface area (Å²) in [6, 6.07) is 0. The fourth-order valence-corrected chi connectivity index (χ4v) is 5.18. The summed E-state index contributed by atoms with van der Waals surface area (Å²) in [5, 5.41) is 41.2. The van der Waals surface area contributed by atoms with Crippen molar-refractivity contribution in [2.45, 2.75) is 109 Å². The fraction of sp³-hybridized carbons (Fsp3) is 0.816. The first-order valence-corrected chi connectivity index (χ1v) is 20.2. The van der Waals surface area contributed by atoms with E-state index in [-0.39, 0.29) is 154 Å². The maximum absolute atomic E-state index is 13.3. The Morgan fingerprint density at radius 1 is 0.557 bits per heavy atom. The van der Waals surface area contributed by atoms with Crippen LogP contribution in [0.5, 0.6) is 0 Å². The normalized spacial score (nSPS) is 11.6. The van der Waals surface area contributed by atoms with Crippen LogP contribution in [0.3, 0.4) is 0 Å². The number of nitrogens with one attached hydrogen (secondary N) is 4. The van der Waals surface area contributed by atoms with Gasteiger partial charge in [-0.3, -0.25) is 28.8 Å². The number of carbonyl (C=O) groups is 7. The van der Waals surface area contributed by atoms with Gasteiger partial charge in [-0.2, -0.15) is 0 Å². The first-order valence-electron chi connectivity index (χ1n) is 20.2. The average molecular weight is 878 g/mol. The number of carboxylic acids is 3. The maximum atomic E-state index is 13.3. The number of nitrogens with zero attached hydrogens (tertiary/aromatic N) is 3. The smallest absolute Gasteiger partial charge is 0.335 e. The number of amides is 4. The molecule has 4 amide bonds. The van der Waals surface area contributed by atoms with Crippen molar-refractivity contribution in [3.8, 4) is 0 Å². The topological polar surface area (TPSA) is 332 Å². The van der Waals surface area contributed by atoms with Gasteiger partial charge in [0.25, 0.3) is 0 Å². The summed E-state index contributed by atoms with van der Waals surface area (Å²) in [4.78, 5) is 86.2. The van der Waals surface area contributed by atoms with E-state index in [0.717, 1.165) is 0 Å². The molecule has 350 valence electrons. The number of aliphatic carboxylic acids is 3. The van der Waals surface area contributed by atoms with E-state index >= 15 is 0 Å². The number of carbonyl (C=O) groups excluding carboxylic acids is 4. The monoisotopic (exact) mass is 877 g/mol. The Bertz CT molecular complexity index is 1350. The van der Waals surface area contributed by atoms with Crippen molar-refractivity contribution in [3.05, 3.63) is 10.4 Å². The van der Waals surface area contributed by atoms with Crippen LogP contribution in [0, 0.1) is 0 Å². The molecule has 61 heavy (non-hydrogen) atoms. The predicted molar refractivity (Wildman–Crippen MR) is 216 cm³/mol. The fourth-order valence-electron chi connectivity index (χ4n) is 5.18. The van der Waals surface area contributed by atoms with Gasteiger partial charge < -0.3 is 65.0 Å². The number of hydrogen-bond acceptors (Lipinski definition) is 14. The van der Waals surface area contributed by atoms with E-state index in [1.807, 2.05) is 0 Å². The molecule has 0 aliphatic heterocycles. The van der Waals surface area contributed by atoms with Crippen LogP contribution in [0.4, 0.5) is 0 Å². The molecule has 0 saturated heterocycles. The van der Waals surface area contributed by atoms with Gasteiger partial charge in [-0.1, -0.05) is 11.5 Å². The van der Waals surface area contributed by atoms with E-state index in [1.54, 1.807) is 13.8 Å². The predicted octanol–water partition coefficient (Wildman–Crippen LogP) is 1.31. The second kappa shape index (κ2) is 33.0. The van der Waals surface area contributed by atoms with E-state index in [4.69, 9.17) is 44.2 Å². The number of hydrogen-bond donors (Lipinski definition) is 7. The third-order valence-corrected chi connectivity index (χ3v) is 8.34. The SMILES string of the molecule is CC(C)(CCNC(=O)CCOCC(COCCC(=O)NCCOCCC(=O)O)(COCCC(=O)NCCOCCC(=O)O)NC(=O)CCCCCN=[N+]=[N-])OC(C)(C)C(=O)O. The van der Waals surface area contributed by atoms with Gasteiger partial charge in [-0.05, 0) is 52.5 Å². The van der Waals surface area contributed by atoms with Crippen LogP contribution in [-0.4, -0.2) is 166 Å². The van der Waals surface area contributed by atoms with E-state index in [1.165, 1.54) is 13.8 Å². The molecule has 0 rings (SSSR count). The lowest BCUT2D eigenvalue weighted by atomic mass is 10.0. The van der Waals surface area contributed by atoms with Crippen molar-refractivity contribution in [2.75, 3.05) is 92.2 Å². The second-order valence-corrected chi connectivity index (χ2v) is 15.0. The summed E-state index contributed by atoms with van der Waals surface area (Å²) in [6.07, 6.45) is 1.55. The largest absolute Gasteiger partial charge is 0.481 e. The zero-order chi connectivity index (χ0) is 46.0. The first-order chi connectivity index (χ1) is 28.8. The average Bonchev–Trinajstić information content (AvgIpc) is 3.17. The molecule has 0 unspecified atom stereocenters. The number of azide groups is 1. The van der Waals surface area contributed by atoms with E-state index < -0.39 is 34.6 Å². The molecule has 0 aromatic rings. The quantitative estimate of drug-likeness (QED) is 0.0197. The Balaban J connectivity index is 5.59. The minimum atomic E-state index is -1.43. The molecular weight excluding hydrogens is 810 g/mol. The zero-order valence-corrected chi connectivity index (χ0v) is 36.0. The third-order valence-electron chi connectivity index (χ3n) is 8.34. The summed E-state index contributed by atoms with van der Waals surface area (Å²) in [7, 11) is 0. The Kier molecular flexibility index (Phi) is 30.5. The Morgan fingerprint density at radius 3 is 1.43 bits per heavy atom. The van der Waals surface area contributed by atoms with Gasteiger partial charge in [-0.25, -0.2) is 4.79 Å². The molecule has 0 saturated carbocycles. The summed E-state index contributed by atoms with van der Waals surface area (Å²) < 4.78 is 33.7. The van der Waals surface area contributed by atoms with Crippen LogP contribution in [0.2, 0.25) is 0 Å². The molecule has 0 bridgehead atoms. The molecule has 23 nitrogen and oxygen atoms in total. The summed E-state index contributed by atoms with van der Waals surface area (Å²) >= 11 is 0. The van der Waals surface area contributed by atoms with Gasteiger partial charge in [0.2, 0.25) is 23.6 Å². The second-order valence-electron chi connectivity index (χ2n) is 15.0. The highest BCUT2D eigenvalue weighted by Crippen LogP contribution is 2.23. The van der Waals surface area contributed by atoms with Gasteiger partial charge >= 0.3 is 17.9 Å². The standard InChI is InChI=1S/C38H67N7O16/c1-36(2,61-37(3,4)35(54)55)14-16-40-29(46)9-19-58-26-38(44-32(49)8-6-5-7-15-43-45-39,27-59-20-10-30(47)41-17-24-56-22-12-33(50)51)28-60-21-11-31(48)42-18-25-57-23-13-34(52)53/h5-28H2,1-4H3,(H,40,46)(H,41,47)(H,42,48)(H,44,49)(H,50,51)(H,52,53)(H,54,55). The number of carboxylic acid groups (broad SMARTS) is 3. The lowest BCUT2D eigenvalue weighted by Crippen LogP contribution is -2.58. The Labute approximate surface area is 356 Å². The molecule has 7 N–H and O–H groups in total. The van der Waals surface area contributed by atoms with Crippen LogP contribution in [-0.2, 0) is 62.0 Å². The van der Waals surface area contributed by atoms with Gasteiger partial charge in [-0.15, -0.1) is 0 Å². The lowest BCUT2D eigenvalue weighted by molar-refractivity contribution is -0.180. The van der Waals surface area contributed by atoms with Gasteiger partial charge in [0.1, 0.15) is 5.54 Å². The van der Waals surface area contributed by atoms with Crippen LogP contribution < -0.4 is 21.3 Å². The maximum Gasteiger partial charge on any atom is 0.335 e. The van der Waals surface area contributed by atoms with Crippen molar-refractivity contribution in [1.82, 2.24) is 21.3 Å². The van der Waals surface area contributed by atoms with Crippen molar-refractivity contribution in [1.29, 1.82) is 0 Å². The van der Waals surface area contributed by atoms with Gasteiger partial charge in [0.05, 0.1) is 84.5 Å².